The summed E-state index contributed by atoms with van der Waals surface area (Å²) < 4.78 is 13.3. The Hall–Kier alpha value is -0.930. The van der Waals surface area contributed by atoms with Gasteiger partial charge in [-0.2, -0.15) is 0 Å². The van der Waals surface area contributed by atoms with E-state index in [4.69, 9.17) is 0 Å². The average Bonchev–Trinajstić information content (AvgIpc) is 2.30. The Bertz CT molecular complexity index is 359. The summed E-state index contributed by atoms with van der Waals surface area (Å²) in [6.07, 6.45) is 2.43. The average molecular weight is 236 g/mol. The van der Waals surface area contributed by atoms with Crippen molar-refractivity contribution in [3.63, 3.8) is 0 Å². The highest BCUT2D eigenvalue weighted by molar-refractivity contribution is 5.21. The molecule has 2 unspecified atom stereocenters. The van der Waals surface area contributed by atoms with Gasteiger partial charge in [-0.15, -0.1) is 0 Å². The summed E-state index contributed by atoms with van der Waals surface area (Å²) in [4.78, 5) is 2.20. The highest BCUT2D eigenvalue weighted by Gasteiger charge is 2.26. The van der Waals surface area contributed by atoms with Gasteiger partial charge in [-0.25, -0.2) is 4.39 Å². The summed E-state index contributed by atoms with van der Waals surface area (Å²) in [6.45, 7) is 2.14. The molecule has 0 bridgehead atoms. The lowest BCUT2D eigenvalue weighted by molar-refractivity contribution is 0.181. The summed E-state index contributed by atoms with van der Waals surface area (Å²) in [7, 11) is 4.15. The molecule has 2 rings (SSSR count). The summed E-state index contributed by atoms with van der Waals surface area (Å²) in [5.74, 6) is 0.429. The Morgan fingerprint density at radius 3 is 2.82 bits per heavy atom. The van der Waals surface area contributed by atoms with Crippen LogP contribution in [0.3, 0.4) is 0 Å². The van der Waals surface area contributed by atoms with E-state index in [1.165, 1.54) is 18.9 Å². The smallest absolute Gasteiger partial charge is 0.123 e. The second-order valence-corrected chi connectivity index (χ2v) is 5.07. The Labute approximate surface area is 103 Å². The van der Waals surface area contributed by atoms with Crippen LogP contribution in [0.15, 0.2) is 24.3 Å². The van der Waals surface area contributed by atoms with Crippen LogP contribution in [0.2, 0.25) is 0 Å². The topological polar surface area (TPSA) is 15.3 Å². The van der Waals surface area contributed by atoms with E-state index < -0.39 is 0 Å². The maximum Gasteiger partial charge on any atom is 0.123 e. The van der Waals surface area contributed by atoms with E-state index in [2.05, 4.69) is 24.3 Å². The third-order valence-corrected chi connectivity index (χ3v) is 3.53. The molecule has 0 radical (unpaired) electrons. The fourth-order valence-corrected chi connectivity index (χ4v) is 2.83. The van der Waals surface area contributed by atoms with Crippen LogP contribution < -0.4 is 5.32 Å². The first-order valence-electron chi connectivity index (χ1n) is 6.31. The van der Waals surface area contributed by atoms with Gasteiger partial charge in [0.1, 0.15) is 5.82 Å². The van der Waals surface area contributed by atoms with Gasteiger partial charge in [-0.3, -0.25) is 0 Å². The molecule has 0 amide bonds. The standard InChI is InChI=1S/C14H21FN2/c1-17(2)14(12-6-4-8-16-10-12)11-5-3-7-13(15)9-11/h3,5,7,9,12,14,16H,4,6,8,10H2,1-2H3. The van der Waals surface area contributed by atoms with Gasteiger partial charge in [0.15, 0.2) is 0 Å². The third kappa shape index (κ3) is 3.05. The molecule has 94 valence electrons. The molecule has 1 aromatic rings. The molecule has 0 saturated carbocycles. The van der Waals surface area contributed by atoms with Gasteiger partial charge < -0.3 is 10.2 Å². The van der Waals surface area contributed by atoms with E-state index in [1.807, 2.05) is 6.07 Å². The molecule has 1 aliphatic heterocycles. The van der Waals surface area contributed by atoms with Gasteiger partial charge in [-0.1, -0.05) is 12.1 Å². The molecule has 1 aliphatic rings. The minimum absolute atomic E-state index is 0.141. The maximum absolute atomic E-state index is 13.3. The zero-order valence-corrected chi connectivity index (χ0v) is 10.6. The second-order valence-electron chi connectivity index (χ2n) is 5.07. The van der Waals surface area contributed by atoms with E-state index in [-0.39, 0.29) is 5.82 Å². The lowest BCUT2D eigenvalue weighted by Gasteiger charge is -2.35. The summed E-state index contributed by atoms with van der Waals surface area (Å²) in [5, 5.41) is 3.43. The van der Waals surface area contributed by atoms with Crippen LogP contribution in [0.25, 0.3) is 0 Å². The van der Waals surface area contributed by atoms with E-state index in [9.17, 15) is 4.39 Å². The maximum atomic E-state index is 13.3. The summed E-state index contributed by atoms with van der Waals surface area (Å²) >= 11 is 0. The van der Waals surface area contributed by atoms with Crippen molar-refractivity contribution in [2.75, 3.05) is 27.2 Å². The van der Waals surface area contributed by atoms with Crippen LogP contribution in [0.5, 0.6) is 0 Å². The molecule has 1 N–H and O–H groups in total. The minimum atomic E-state index is -0.141. The normalized spacial score (nSPS) is 22.7. The quantitative estimate of drug-likeness (QED) is 0.867. The van der Waals surface area contributed by atoms with E-state index in [0.717, 1.165) is 18.7 Å². The Balaban J connectivity index is 2.21. The highest BCUT2D eigenvalue weighted by atomic mass is 19.1. The molecule has 1 aromatic carbocycles. The summed E-state index contributed by atoms with van der Waals surface area (Å²) in [6, 6.07) is 7.31. The summed E-state index contributed by atoms with van der Waals surface area (Å²) in [5.41, 5.74) is 1.09. The van der Waals surface area contributed by atoms with Gasteiger partial charge in [-0.05, 0) is 63.6 Å². The number of hydrogen-bond donors (Lipinski definition) is 1. The van der Waals surface area contributed by atoms with Crippen molar-refractivity contribution in [3.8, 4) is 0 Å². The van der Waals surface area contributed by atoms with Gasteiger partial charge in [0.05, 0.1) is 0 Å². The number of halogens is 1. The van der Waals surface area contributed by atoms with E-state index in [0.29, 0.717) is 12.0 Å². The van der Waals surface area contributed by atoms with E-state index in [1.54, 1.807) is 12.1 Å². The van der Waals surface area contributed by atoms with Crippen molar-refractivity contribution in [2.45, 2.75) is 18.9 Å². The Morgan fingerprint density at radius 1 is 1.41 bits per heavy atom. The lowest BCUT2D eigenvalue weighted by Crippen LogP contribution is -2.38. The molecule has 2 nitrogen and oxygen atoms in total. The van der Waals surface area contributed by atoms with Crippen LogP contribution in [-0.2, 0) is 0 Å². The van der Waals surface area contributed by atoms with Crippen molar-refractivity contribution >= 4 is 0 Å². The van der Waals surface area contributed by atoms with Gasteiger partial charge >= 0.3 is 0 Å². The molecule has 1 fully saturated rings. The van der Waals surface area contributed by atoms with Crippen LogP contribution in [0.1, 0.15) is 24.4 Å². The SMILES string of the molecule is CN(C)C(c1cccc(F)c1)C1CCCNC1. The van der Waals surface area contributed by atoms with Crippen molar-refractivity contribution in [2.24, 2.45) is 5.92 Å². The molecule has 0 aliphatic carbocycles. The zero-order chi connectivity index (χ0) is 12.3. The molecule has 1 saturated heterocycles. The monoisotopic (exact) mass is 236 g/mol. The van der Waals surface area contributed by atoms with Crippen molar-refractivity contribution in [1.29, 1.82) is 0 Å². The van der Waals surface area contributed by atoms with Gasteiger partial charge in [0, 0.05) is 6.04 Å². The number of rotatable bonds is 3. The molecule has 2 atom stereocenters. The Morgan fingerprint density at radius 2 is 2.24 bits per heavy atom. The molecule has 0 aromatic heterocycles. The molecular formula is C14H21FN2. The molecular weight excluding hydrogens is 215 g/mol. The number of benzene rings is 1. The zero-order valence-electron chi connectivity index (χ0n) is 10.6. The molecule has 1 heterocycles. The number of piperidine rings is 1. The van der Waals surface area contributed by atoms with Crippen LogP contribution >= 0.6 is 0 Å². The fourth-order valence-electron chi connectivity index (χ4n) is 2.83. The predicted molar refractivity (Wildman–Crippen MR) is 68.4 cm³/mol. The van der Waals surface area contributed by atoms with Gasteiger partial charge in [0.25, 0.3) is 0 Å². The second kappa shape index (κ2) is 5.61. The Kier molecular flexibility index (Phi) is 4.13. The predicted octanol–water partition coefficient (Wildman–Crippen LogP) is 2.43. The van der Waals surface area contributed by atoms with Crippen LogP contribution in [0, 0.1) is 11.7 Å². The highest BCUT2D eigenvalue weighted by Crippen LogP contribution is 2.31. The first-order valence-corrected chi connectivity index (χ1v) is 6.31. The molecule has 3 heteroatoms. The molecule has 0 spiro atoms. The van der Waals surface area contributed by atoms with Crippen molar-refractivity contribution in [3.05, 3.63) is 35.6 Å². The minimum Gasteiger partial charge on any atom is -0.316 e. The largest absolute Gasteiger partial charge is 0.316 e. The number of nitrogens with one attached hydrogen (secondary N) is 1. The van der Waals surface area contributed by atoms with Gasteiger partial charge in [0.2, 0.25) is 0 Å². The first kappa shape index (κ1) is 12.5. The fraction of sp³-hybridized carbons (Fsp3) is 0.571. The number of hydrogen-bond acceptors (Lipinski definition) is 2. The first-order chi connectivity index (χ1) is 8.18. The van der Waals surface area contributed by atoms with Crippen LogP contribution in [-0.4, -0.2) is 32.1 Å². The van der Waals surface area contributed by atoms with Crippen molar-refractivity contribution in [1.82, 2.24) is 10.2 Å². The van der Waals surface area contributed by atoms with Crippen molar-refractivity contribution < 1.29 is 4.39 Å². The molecule has 17 heavy (non-hydrogen) atoms. The van der Waals surface area contributed by atoms with Crippen LogP contribution in [0.4, 0.5) is 4.39 Å². The number of nitrogens with zero attached hydrogens (tertiary/aromatic N) is 1. The van der Waals surface area contributed by atoms with E-state index >= 15 is 0 Å². The third-order valence-electron chi connectivity index (χ3n) is 3.53. The lowest BCUT2D eigenvalue weighted by atomic mass is 9.86.